The summed E-state index contributed by atoms with van der Waals surface area (Å²) in [6, 6.07) is 13.1. The third kappa shape index (κ3) is 2.86. The lowest BCUT2D eigenvalue weighted by Gasteiger charge is -2.27. The van der Waals surface area contributed by atoms with Crippen LogP contribution >= 0.6 is 0 Å². The van der Waals surface area contributed by atoms with Crippen LogP contribution in [0.25, 0.3) is 17.1 Å². The molecule has 4 aromatic rings. The van der Waals surface area contributed by atoms with E-state index in [2.05, 4.69) is 32.7 Å². The first-order chi connectivity index (χ1) is 15.2. The van der Waals surface area contributed by atoms with Gasteiger partial charge in [0.05, 0.1) is 29.3 Å². The van der Waals surface area contributed by atoms with Gasteiger partial charge < -0.3 is 4.42 Å². The Morgan fingerprint density at radius 1 is 1.10 bits per heavy atom. The van der Waals surface area contributed by atoms with Crippen LogP contribution in [0.3, 0.4) is 0 Å². The van der Waals surface area contributed by atoms with Crippen LogP contribution in [0.15, 0.2) is 70.8 Å². The lowest BCUT2D eigenvalue weighted by Crippen LogP contribution is -2.13. The molecule has 0 spiro atoms. The van der Waals surface area contributed by atoms with Crippen LogP contribution in [0.4, 0.5) is 4.39 Å². The predicted octanol–water partition coefficient (Wildman–Crippen LogP) is 5.85. The minimum Gasteiger partial charge on any atom is -0.442 e. The van der Waals surface area contributed by atoms with Crippen molar-refractivity contribution in [3.05, 3.63) is 89.6 Å². The Hall–Kier alpha value is -3.54. The predicted molar refractivity (Wildman–Crippen MR) is 116 cm³/mol. The van der Waals surface area contributed by atoms with Crippen LogP contribution in [-0.2, 0) is 0 Å². The molecular formula is C25H21FN4O. The number of aromatic nitrogens is 3. The molecule has 2 aliphatic rings. The van der Waals surface area contributed by atoms with Gasteiger partial charge in [0.15, 0.2) is 12.2 Å². The number of aliphatic imine (C=N–C) groups is 1. The van der Waals surface area contributed by atoms with E-state index in [-0.39, 0.29) is 11.9 Å². The molecule has 0 amide bonds. The third-order valence-electron chi connectivity index (χ3n) is 6.43. The molecule has 1 saturated carbocycles. The molecule has 2 aromatic heterocycles. The second kappa shape index (κ2) is 7.01. The van der Waals surface area contributed by atoms with Crippen molar-refractivity contribution in [2.75, 3.05) is 0 Å². The van der Waals surface area contributed by atoms with E-state index in [1.807, 2.05) is 13.0 Å². The minimum atomic E-state index is -0.270. The van der Waals surface area contributed by atoms with E-state index in [1.54, 1.807) is 24.7 Å². The van der Waals surface area contributed by atoms with Gasteiger partial charge in [-0.25, -0.2) is 14.4 Å². The van der Waals surface area contributed by atoms with E-state index < -0.39 is 0 Å². The van der Waals surface area contributed by atoms with E-state index in [1.165, 1.54) is 37.3 Å². The highest BCUT2D eigenvalue weighted by molar-refractivity contribution is 6.15. The molecule has 31 heavy (non-hydrogen) atoms. The van der Waals surface area contributed by atoms with Gasteiger partial charge in [-0.3, -0.25) is 9.56 Å². The Morgan fingerprint density at radius 3 is 2.71 bits per heavy atom. The molecule has 0 unspecified atom stereocenters. The largest absolute Gasteiger partial charge is 0.442 e. The smallest absolute Gasteiger partial charge is 0.181 e. The van der Waals surface area contributed by atoms with E-state index in [9.17, 15) is 4.39 Å². The summed E-state index contributed by atoms with van der Waals surface area (Å²) in [5.41, 5.74) is 5.97. The maximum Gasteiger partial charge on any atom is 0.181 e. The second-order valence-corrected chi connectivity index (χ2v) is 8.25. The second-order valence-electron chi connectivity index (χ2n) is 8.25. The molecule has 1 atom stereocenters. The Morgan fingerprint density at radius 2 is 1.97 bits per heavy atom. The molecule has 1 fully saturated rings. The zero-order valence-electron chi connectivity index (χ0n) is 17.1. The Labute approximate surface area is 179 Å². The monoisotopic (exact) mass is 412 g/mol. The molecule has 1 aliphatic heterocycles. The van der Waals surface area contributed by atoms with Crippen LogP contribution in [0, 0.1) is 5.82 Å². The van der Waals surface area contributed by atoms with Crippen molar-refractivity contribution < 1.29 is 8.81 Å². The highest BCUT2D eigenvalue weighted by Gasteiger charge is 2.29. The first-order valence-electron chi connectivity index (χ1n) is 10.6. The lowest BCUT2D eigenvalue weighted by molar-refractivity contribution is 0.419. The van der Waals surface area contributed by atoms with Gasteiger partial charge in [0.2, 0.25) is 0 Å². The van der Waals surface area contributed by atoms with E-state index in [4.69, 9.17) is 9.41 Å². The Bertz CT molecular complexity index is 1300. The van der Waals surface area contributed by atoms with Crippen molar-refractivity contribution in [2.45, 2.75) is 38.1 Å². The molecule has 2 aromatic carbocycles. The molecular weight excluding hydrogens is 391 g/mol. The zero-order valence-corrected chi connectivity index (χ0v) is 17.1. The summed E-state index contributed by atoms with van der Waals surface area (Å²) in [7, 11) is 0. The fourth-order valence-corrected chi connectivity index (χ4v) is 4.61. The molecule has 6 rings (SSSR count). The first-order valence-corrected chi connectivity index (χ1v) is 10.6. The number of halogens is 1. The van der Waals surface area contributed by atoms with Gasteiger partial charge in [0.25, 0.3) is 0 Å². The van der Waals surface area contributed by atoms with Crippen molar-refractivity contribution in [2.24, 2.45) is 4.99 Å². The number of hydrogen-bond donors (Lipinski definition) is 0. The minimum absolute atomic E-state index is 0.253. The first kappa shape index (κ1) is 18.2. The summed E-state index contributed by atoms with van der Waals surface area (Å²) in [5, 5.41) is 0. The lowest BCUT2D eigenvalue weighted by atomic mass is 9.79. The molecule has 154 valence electrons. The van der Waals surface area contributed by atoms with Crippen LogP contribution in [0.1, 0.15) is 60.5 Å². The molecule has 6 heteroatoms. The molecule has 0 N–H and O–H groups in total. The summed E-state index contributed by atoms with van der Waals surface area (Å²) < 4.78 is 22.5. The van der Waals surface area contributed by atoms with Gasteiger partial charge >= 0.3 is 0 Å². The van der Waals surface area contributed by atoms with Crippen molar-refractivity contribution in [1.29, 1.82) is 0 Å². The van der Waals surface area contributed by atoms with E-state index in [0.29, 0.717) is 28.6 Å². The molecule has 0 radical (unpaired) electrons. The van der Waals surface area contributed by atoms with Gasteiger partial charge in [0, 0.05) is 11.1 Å². The molecule has 1 aliphatic carbocycles. The molecule has 0 bridgehead atoms. The molecule has 3 heterocycles. The maximum atomic E-state index is 14.9. The maximum absolute atomic E-state index is 14.9. The normalized spacial score (nSPS) is 18.0. The summed E-state index contributed by atoms with van der Waals surface area (Å²) in [6.45, 7) is 2.01. The topological polar surface area (TPSA) is 56.2 Å². The summed E-state index contributed by atoms with van der Waals surface area (Å²) in [4.78, 5) is 13.7. The average Bonchev–Trinajstić information content (AvgIpc) is 3.39. The zero-order chi connectivity index (χ0) is 20.9. The van der Waals surface area contributed by atoms with Crippen molar-refractivity contribution in [3.63, 3.8) is 0 Å². The highest BCUT2D eigenvalue weighted by atomic mass is 19.1. The number of rotatable bonds is 3. The van der Waals surface area contributed by atoms with Crippen LogP contribution in [-0.4, -0.2) is 20.2 Å². The van der Waals surface area contributed by atoms with Gasteiger partial charge in [0.1, 0.15) is 17.8 Å². The number of hydrogen-bond acceptors (Lipinski definition) is 4. The van der Waals surface area contributed by atoms with E-state index >= 15 is 0 Å². The molecule has 0 saturated heterocycles. The van der Waals surface area contributed by atoms with Crippen molar-refractivity contribution in [1.82, 2.24) is 14.5 Å². The number of oxazole rings is 1. The fraction of sp³-hybridized carbons (Fsp3) is 0.240. The SMILES string of the molecule is C[C@@H]1N=C(c2ccccc2F)c2cc(C3CCC3)ccc2-n2cnc(-c3cnco3)c21. The van der Waals surface area contributed by atoms with Crippen LogP contribution < -0.4 is 0 Å². The molecule has 5 nitrogen and oxygen atoms in total. The Kier molecular flexibility index (Phi) is 4.13. The van der Waals surface area contributed by atoms with Crippen LogP contribution in [0.5, 0.6) is 0 Å². The third-order valence-corrected chi connectivity index (χ3v) is 6.43. The van der Waals surface area contributed by atoms with Gasteiger partial charge in [-0.1, -0.05) is 24.6 Å². The summed E-state index contributed by atoms with van der Waals surface area (Å²) >= 11 is 0. The average molecular weight is 412 g/mol. The quantitative estimate of drug-likeness (QED) is 0.424. The van der Waals surface area contributed by atoms with Gasteiger partial charge in [-0.15, -0.1) is 0 Å². The van der Waals surface area contributed by atoms with E-state index in [0.717, 1.165) is 16.9 Å². The highest BCUT2D eigenvalue weighted by Crippen LogP contribution is 2.40. The number of nitrogens with zero attached hydrogens (tertiary/aromatic N) is 4. The number of imidazole rings is 1. The Balaban J connectivity index is 1.62. The van der Waals surface area contributed by atoms with Crippen molar-refractivity contribution in [3.8, 4) is 17.1 Å². The van der Waals surface area contributed by atoms with Crippen LogP contribution in [0.2, 0.25) is 0 Å². The van der Waals surface area contributed by atoms with Gasteiger partial charge in [-0.05, 0) is 55.5 Å². The van der Waals surface area contributed by atoms with Crippen molar-refractivity contribution >= 4 is 5.71 Å². The number of fused-ring (bicyclic) bond motifs is 3. The fourth-order valence-electron chi connectivity index (χ4n) is 4.61. The van der Waals surface area contributed by atoms with Gasteiger partial charge in [-0.2, -0.15) is 0 Å². The summed E-state index contributed by atoms with van der Waals surface area (Å²) in [5.74, 6) is 0.895. The number of benzene rings is 2. The standard InChI is InChI=1S/C25H21FN4O/c1-15-25-24(22-12-27-14-31-22)28-13-30(25)21-10-9-17(16-5-4-6-16)11-19(21)23(29-15)18-7-2-3-8-20(18)26/h2-3,7-16H,4-6H2,1H3/t15-/m0/s1. The summed E-state index contributed by atoms with van der Waals surface area (Å²) in [6.07, 6.45) is 8.52.